The van der Waals surface area contributed by atoms with Gasteiger partial charge in [0.15, 0.2) is 0 Å². The molecule has 0 saturated heterocycles. The topological polar surface area (TPSA) is 24.7 Å². The number of rotatable bonds is 1. The summed E-state index contributed by atoms with van der Waals surface area (Å²) in [6.45, 7) is 3.93. The zero-order chi connectivity index (χ0) is 9.10. The third-order valence-corrected chi connectivity index (χ3v) is 2.00. The van der Waals surface area contributed by atoms with Gasteiger partial charge in [-0.05, 0) is 17.2 Å². The lowest BCUT2D eigenvalue weighted by molar-refractivity contribution is 0.790. The highest BCUT2D eigenvalue weighted by atomic mass is 15.1. The Labute approximate surface area is 77.3 Å². The lowest BCUT2D eigenvalue weighted by atomic mass is 10.0. The highest BCUT2D eigenvalue weighted by Crippen LogP contribution is 2.28. The maximum absolute atomic E-state index is 4.12. The van der Waals surface area contributed by atoms with Crippen LogP contribution in [0.4, 0.5) is 0 Å². The van der Waals surface area contributed by atoms with Crippen molar-refractivity contribution in [2.45, 2.75) is 6.04 Å². The lowest BCUT2D eigenvalue weighted by Crippen LogP contribution is -1.98. The van der Waals surface area contributed by atoms with Gasteiger partial charge in [0.1, 0.15) is 6.04 Å². The van der Waals surface area contributed by atoms with E-state index in [9.17, 15) is 0 Å². The molecule has 1 atom stereocenters. The quantitative estimate of drug-likeness (QED) is 0.618. The van der Waals surface area contributed by atoms with Crippen LogP contribution in [0.3, 0.4) is 0 Å². The molecule has 0 aliphatic carbocycles. The van der Waals surface area contributed by atoms with Crippen molar-refractivity contribution in [2.75, 3.05) is 0 Å². The Hall–Kier alpha value is -1.70. The molecule has 1 aliphatic rings. The molecule has 1 aromatic carbocycles. The molecule has 1 aliphatic heterocycles. The summed E-state index contributed by atoms with van der Waals surface area (Å²) in [5, 5.41) is 7.99. The number of benzene rings is 1. The summed E-state index contributed by atoms with van der Waals surface area (Å²) in [4.78, 5) is 0. The van der Waals surface area contributed by atoms with Gasteiger partial charge in [-0.3, -0.25) is 0 Å². The fourth-order valence-corrected chi connectivity index (χ4v) is 1.32. The van der Waals surface area contributed by atoms with Crippen LogP contribution in [0.15, 0.2) is 65.0 Å². The van der Waals surface area contributed by atoms with Gasteiger partial charge in [-0.25, -0.2) is 0 Å². The van der Waals surface area contributed by atoms with Crippen LogP contribution in [0.25, 0.3) is 0 Å². The normalized spacial score (nSPS) is 20.6. The monoisotopic (exact) mass is 170 g/mol. The maximum Gasteiger partial charge on any atom is 0.121 e. The Morgan fingerprint density at radius 1 is 1.15 bits per heavy atom. The van der Waals surface area contributed by atoms with Crippen LogP contribution in [0.5, 0.6) is 0 Å². The Morgan fingerprint density at radius 3 is 2.62 bits per heavy atom. The lowest BCUT2D eigenvalue weighted by Gasteiger charge is -2.13. The van der Waals surface area contributed by atoms with E-state index in [1.165, 1.54) is 0 Å². The Kier molecular flexibility index (Phi) is 2.04. The van der Waals surface area contributed by atoms with Gasteiger partial charge in [0.2, 0.25) is 0 Å². The van der Waals surface area contributed by atoms with Crippen LogP contribution in [0.2, 0.25) is 0 Å². The number of azo groups is 1. The first-order valence-corrected chi connectivity index (χ1v) is 4.18. The number of hydrogen-bond donors (Lipinski definition) is 0. The van der Waals surface area contributed by atoms with Crippen LogP contribution in [-0.2, 0) is 0 Å². The van der Waals surface area contributed by atoms with E-state index >= 15 is 0 Å². The van der Waals surface area contributed by atoms with Gasteiger partial charge in [0, 0.05) is 6.20 Å². The van der Waals surface area contributed by atoms with Gasteiger partial charge >= 0.3 is 0 Å². The molecule has 2 rings (SSSR count). The summed E-state index contributed by atoms with van der Waals surface area (Å²) in [6.07, 6.45) is 3.56. The summed E-state index contributed by atoms with van der Waals surface area (Å²) in [5.74, 6) is 0. The van der Waals surface area contributed by atoms with E-state index in [4.69, 9.17) is 0 Å². The maximum atomic E-state index is 4.12. The molecular formula is C11H10N2. The minimum Gasteiger partial charge on any atom is -0.176 e. The van der Waals surface area contributed by atoms with Gasteiger partial charge < -0.3 is 0 Å². The van der Waals surface area contributed by atoms with Crippen molar-refractivity contribution in [3.05, 3.63) is 60.3 Å². The van der Waals surface area contributed by atoms with Crippen molar-refractivity contribution in [3.63, 3.8) is 0 Å². The first kappa shape index (κ1) is 7.92. The summed E-state index contributed by atoms with van der Waals surface area (Å²) < 4.78 is 0. The Bertz CT molecular complexity index is 363. The fraction of sp³-hybridized carbons (Fsp3) is 0.0909. The van der Waals surface area contributed by atoms with Crippen molar-refractivity contribution in [1.29, 1.82) is 0 Å². The molecule has 2 nitrogen and oxygen atoms in total. The van der Waals surface area contributed by atoms with Gasteiger partial charge in [-0.2, -0.15) is 10.2 Å². The summed E-state index contributed by atoms with van der Waals surface area (Å²) >= 11 is 0. The molecule has 0 saturated carbocycles. The third kappa shape index (κ3) is 1.56. The van der Waals surface area contributed by atoms with Gasteiger partial charge in [0.25, 0.3) is 0 Å². The van der Waals surface area contributed by atoms with Crippen LogP contribution >= 0.6 is 0 Å². The number of nitrogens with zero attached hydrogens (tertiary/aromatic N) is 2. The zero-order valence-electron chi connectivity index (χ0n) is 7.22. The molecule has 0 amide bonds. The molecule has 0 aromatic heterocycles. The average Bonchev–Trinajstić information content (AvgIpc) is 2.20. The predicted octanol–water partition coefficient (Wildman–Crippen LogP) is 3.26. The molecule has 0 fully saturated rings. The molecule has 13 heavy (non-hydrogen) atoms. The summed E-state index contributed by atoms with van der Waals surface area (Å²) in [5.41, 5.74) is 2.13. The van der Waals surface area contributed by atoms with Crippen LogP contribution in [-0.4, -0.2) is 0 Å². The molecule has 1 aromatic rings. The minimum absolute atomic E-state index is 0.00574. The second kappa shape index (κ2) is 3.35. The smallest absolute Gasteiger partial charge is 0.121 e. The van der Waals surface area contributed by atoms with E-state index in [2.05, 4.69) is 16.8 Å². The van der Waals surface area contributed by atoms with Crippen LogP contribution in [0.1, 0.15) is 11.6 Å². The second-order valence-electron chi connectivity index (χ2n) is 2.93. The second-order valence-corrected chi connectivity index (χ2v) is 2.93. The number of hydrogen-bond acceptors (Lipinski definition) is 2. The van der Waals surface area contributed by atoms with Gasteiger partial charge in [-0.15, -0.1) is 0 Å². The molecule has 64 valence electrons. The van der Waals surface area contributed by atoms with Crippen molar-refractivity contribution < 1.29 is 0 Å². The largest absolute Gasteiger partial charge is 0.176 e. The molecule has 0 N–H and O–H groups in total. The average molecular weight is 170 g/mol. The van der Waals surface area contributed by atoms with E-state index in [0.29, 0.717) is 0 Å². The van der Waals surface area contributed by atoms with E-state index in [1.807, 2.05) is 36.4 Å². The summed E-state index contributed by atoms with van der Waals surface area (Å²) in [6, 6.07) is 10.1. The highest BCUT2D eigenvalue weighted by molar-refractivity contribution is 5.33. The standard InChI is InChI=1S/C11H10N2/c1-9-7-8-12-13-11(9)10-5-3-2-4-6-10/h2-8,11H,1H2. The van der Waals surface area contributed by atoms with Gasteiger partial charge in [-0.1, -0.05) is 36.9 Å². The molecule has 1 heterocycles. The van der Waals surface area contributed by atoms with Crippen molar-refractivity contribution in [2.24, 2.45) is 10.2 Å². The molecular weight excluding hydrogens is 160 g/mol. The van der Waals surface area contributed by atoms with Gasteiger partial charge in [0.05, 0.1) is 0 Å². The van der Waals surface area contributed by atoms with E-state index in [-0.39, 0.29) is 6.04 Å². The van der Waals surface area contributed by atoms with E-state index in [0.717, 1.165) is 11.1 Å². The Morgan fingerprint density at radius 2 is 1.92 bits per heavy atom. The fourth-order valence-electron chi connectivity index (χ4n) is 1.32. The molecule has 0 spiro atoms. The van der Waals surface area contributed by atoms with Crippen LogP contribution < -0.4 is 0 Å². The Balaban J connectivity index is 2.32. The summed E-state index contributed by atoms with van der Waals surface area (Å²) in [7, 11) is 0. The molecule has 0 bridgehead atoms. The minimum atomic E-state index is 0.00574. The van der Waals surface area contributed by atoms with E-state index in [1.54, 1.807) is 6.20 Å². The zero-order valence-corrected chi connectivity index (χ0v) is 7.22. The molecule has 2 heteroatoms. The third-order valence-electron chi connectivity index (χ3n) is 2.00. The first-order valence-electron chi connectivity index (χ1n) is 4.18. The van der Waals surface area contributed by atoms with Crippen molar-refractivity contribution in [1.82, 2.24) is 0 Å². The molecule has 0 radical (unpaired) electrons. The van der Waals surface area contributed by atoms with Crippen LogP contribution in [0, 0.1) is 0 Å². The van der Waals surface area contributed by atoms with Crippen molar-refractivity contribution in [3.8, 4) is 0 Å². The first-order chi connectivity index (χ1) is 6.38. The van der Waals surface area contributed by atoms with Crippen molar-refractivity contribution >= 4 is 0 Å². The van der Waals surface area contributed by atoms with E-state index < -0.39 is 0 Å². The molecule has 1 unspecified atom stereocenters. The SMILES string of the molecule is C=C1C=CN=NC1c1ccccc1. The predicted molar refractivity (Wildman–Crippen MR) is 52.3 cm³/mol. The highest BCUT2D eigenvalue weighted by Gasteiger charge is 2.13.